The zero-order valence-corrected chi connectivity index (χ0v) is 10.8. The predicted octanol–water partition coefficient (Wildman–Crippen LogP) is 0.880. The molecular formula is C11H13NO5S. The standard InChI is InChI=1S/C11H13NO5S/c1-16-11(13)12-9-6-17-10-5-7(18(2,14)15)3-4-8(9)10/h3-5,9H,6H2,1-2H3,(H,12,13)/t9-/m1/s1. The fourth-order valence-corrected chi connectivity index (χ4v) is 2.38. The van der Waals surface area contributed by atoms with Gasteiger partial charge in [-0.25, -0.2) is 13.2 Å². The van der Waals surface area contributed by atoms with Crippen molar-refractivity contribution >= 4 is 15.9 Å². The first-order valence-corrected chi connectivity index (χ1v) is 7.12. The molecule has 0 aliphatic carbocycles. The van der Waals surface area contributed by atoms with Gasteiger partial charge in [0.25, 0.3) is 0 Å². The summed E-state index contributed by atoms with van der Waals surface area (Å²) in [5.74, 6) is 0.472. The molecule has 0 radical (unpaired) electrons. The summed E-state index contributed by atoms with van der Waals surface area (Å²) < 4.78 is 32.6. The summed E-state index contributed by atoms with van der Waals surface area (Å²) in [6, 6.07) is 4.28. The normalized spacial score (nSPS) is 17.8. The Morgan fingerprint density at radius 2 is 2.22 bits per heavy atom. The number of amides is 1. The molecule has 0 unspecified atom stereocenters. The molecule has 1 amide bonds. The molecular weight excluding hydrogens is 258 g/mol. The highest BCUT2D eigenvalue weighted by Gasteiger charge is 2.27. The van der Waals surface area contributed by atoms with Gasteiger partial charge in [-0.3, -0.25) is 0 Å². The van der Waals surface area contributed by atoms with Crippen LogP contribution in [-0.4, -0.2) is 34.5 Å². The molecule has 0 spiro atoms. The molecule has 1 N–H and O–H groups in total. The number of nitrogens with one attached hydrogen (secondary N) is 1. The van der Waals surface area contributed by atoms with E-state index in [4.69, 9.17) is 4.74 Å². The van der Waals surface area contributed by atoms with Crippen LogP contribution in [0.4, 0.5) is 4.79 Å². The highest BCUT2D eigenvalue weighted by molar-refractivity contribution is 7.90. The van der Waals surface area contributed by atoms with E-state index in [-0.39, 0.29) is 17.5 Å². The minimum Gasteiger partial charge on any atom is -0.491 e. The van der Waals surface area contributed by atoms with Gasteiger partial charge in [0.1, 0.15) is 12.4 Å². The van der Waals surface area contributed by atoms with Gasteiger partial charge in [0, 0.05) is 11.8 Å². The maximum atomic E-state index is 11.4. The average molecular weight is 271 g/mol. The number of ether oxygens (including phenoxy) is 2. The van der Waals surface area contributed by atoms with Crippen molar-refractivity contribution < 1.29 is 22.7 Å². The molecule has 18 heavy (non-hydrogen) atoms. The molecule has 1 aliphatic rings. The van der Waals surface area contributed by atoms with Crippen molar-refractivity contribution in [3.63, 3.8) is 0 Å². The summed E-state index contributed by atoms with van der Waals surface area (Å²) in [6.45, 7) is 0.262. The minimum atomic E-state index is -3.26. The quantitative estimate of drug-likeness (QED) is 0.863. The van der Waals surface area contributed by atoms with Gasteiger partial charge in [-0.1, -0.05) is 6.07 Å². The number of sulfone groups is 1. The molecule has 2 rings (SSSR count). The third-order valence-corrected chi connectivity index (χ3v) is 3.78. The monoisotopic (exact) mass is 271 g/mol. The number of methoxy groups -OCH3 is 1. The van der Waals surface area contributed by atoms with Gasteiger partial charge in [-0.05, 0) is 12.1 Å². The van der Waals surface area contributed by atoms with Gasteiger partial charge in [0.15, 0.2) is 9.84 Å². The fourth-order valence-electron chi connectivity index (χ4n) is 1.74. The maximum Gasteiger partial charge on any atom is 0.407 e. The van der Waals surface area contributed by atoms with Crippen LogP contribution in [0, 0.1) is 0 Å². The molecule has 1 aromatic carbocycles. The van der Waals surface area contributed by atoms with Gasteiger partial charge in [-0.2, -0.15) is 0 Å². The molecule has 7 heteroatoms. The first-order chi connectivity index (χ1) is 8.41. The molecule has 0 aromatic heterocycles. The number of alkyl carbamates (subject to hydrolysis) is 1. The molecule has 0 bridgehead atoms. The average Bonchev–Trinajstić information content (AvgIpc) is 2.70. The maximum absolute atomic E-state index is 11.4. The van der Waals surface area contributed by atoms with E-state index in [0.717, 1.165) is 11.8 Å². The number of hydrogen-bond acceptors (Lipinski definition) is 5. The van der Waals surface area contributed by atoms with Crippen LogP contribution >= 0.6 is 0 Å². The molecule has 6 nitrogen and oxygen atoms in total. The molecule has 1 atom stereocenters. The fraction of sp³-hybridized carbons (Fsp3) is 0.364. The molecule has 0 saturated carbocycles. The molecule has 0 fully saturated rings. The second-order valence-corrected chi connectivity index (χ2v) is 5.99. The lowest BCUT2D eigenvalue weighted by molar-refractivity contribution is 0.164. The summed E-state index contributed by atoms with van der Waals surface area (Å²) in [4.78, 5) is 11.3. The van der Waals surface area contributed by atoms with Crippen molar-refractivity contribution in [1.82, 2.24) is 5.32 Å². The molecule has 98 valence electrons. The predicted molar refractivity (Wildman–Crippen MR) is 63.3 cm³/mol. The summed E-state index contributed by atoms with van der Waals surface area (Å²) in [6.07, 6.45) is 0.581. The molecule has 1 heterocycles. The highest BCUT2D eigenvalue weighted by atomic mass is 32.2. The van der Waals surface area contributed by atoms with Crippen LogP contribution in [0.5, 0.6) is 5.75 Å². The van der Waals surface area contributed by atoms with Crippen LogP contribution in [0.15, 0.2) is 23.1 Å². The summed E-state index contributed by atoms with van der Waals surface area (Å²) >= 11 is 0. The van der Waals surface area contributed by atoms with E-state index in [1.165, 1.54) is 19.2 Å². The number of rotatable bonds is 2. The lowest BCUT2D eigenvalue weighted by Gasteiger charge is -2.10. The van der Waals surface area contributed by atoms with Crippen molar-refractivity contribution in [2.75, 3.05) is 20.0 Å². The Labute approximate surface area is 105 Å². The lowest BCUT2D eigenvalue weighted by atomic mass is 10.1. The van der Waals surface area contributed by atoms with Crippen molar-refractivity contribution in [1.29, 1.82) is 0 Å². The van der Waals surface area contributed by atoms with E-state index in [2.05, 4.69) is 10.1 Å². The van der Waals surface area contributed by atoms with Crippen molar-refractivity contribution in [2.45, 2.75) is 10.9 Å². The number of carbonyl (C=O) groups is 1. The van der Waals surface area contributed by atoms with Gasteiger partial charge in [0.05, 0.1) is 18.0 Å². The Balaban J connectivity index is 2.28. The number of carbonyl (C=O) groups excluding carboxylic acids is 1. The van der Waals surface area contributed by atoms with Crippen LogP contribution in [0.1, 0.15) is 11.6 Å². The smallest absolute Gasteiger partial charge is 0.407 e. The Morgan fingerprint density at radius 1 is 1.50 bits per heavy atom. The zero-order valence-electron chi connectivity index (χ0n) is 9.97. The molecule has 1 aromatic rings. The van der Waals surface area contributed by atoms with Gasteiger partial charge in [0.2, 0.25) is 0 Å². The van der Waals surface area contributed by atoms with Crippen molar-refractivity contribution in [3.8, 4) is 5.75 Å². The van der Waals surface area contributed by atoms with E-state index in [9.17, 15) is 13.2 Å². The van der Waals surface area contributed by atoms with E-state index >= 15 is 0 Å². The third-order valence-electron chi connectivity index (χ3n) is 2.67. The lowest BCUT2D eigenvalue weighted by Crippen LogP contribution is -2.29. The number of benzene rings is 1. The Morgan fingerprint density at radius 3 is 2.83 bits per heavy atom. The topological polar surface area (TPSA) is 81.7 Å². The second-order valence-electron chi connectivity index (χ2n) is 3.97. The zero-order chi connectivity index (χ0) is 13.3. The van der Waals surface area contributed by atoms with Gasteiger partial charge in [-0.15, -0.1) is 0 Å². The van der Waals surface area contributed by atoms with Crippen LogP contribution in [-0.2, 0) is 14.6 Å². The summed E-state index contributed by atoms with van der Waals surface area (Å²) in [7, 11) is -1.99. The van der Waals surface area contributed by atoms with Crippen molar-refractivity contribution in [3.05, 3.63) is 23.8 Å². The van der Waals surface area contributed by atoms with E-state index in [1.807, 2.05) is 0 Å². The number of hydrogen-bond donors (Lipinski definition) is 1. The highest BCUT2D eigenvalue weighted by Crippen LogP contribution is 2.34. The largest absolute Gasteiger partial charge is 0.491 e. The first kappa shape index (κ1) is 12.7. The van der Waals surface area contributed by atoms with Crippen LogP contribution in [0.25, 0.3) is 0 Å². The molecule has 1 aliphatic heterocycles. The Kier molecular flexibility index (Phi) is 3.16. The third kappa shape index (κ3) is 2.40. The van der Waals surface area contributed by atoms with Crippen molar-refractivity contribution in [2.24, 2.45) is 0 Å². The molecule has 0 saturated heterocycles. The SMILES string of the molecule is COC(=O)N[C@@H]1COc2cc(S(C)(=O)=O)ccc21. The summed E-state index contributed by atoms with van der Waals surface area (Å²) in [5, 5.41) is 2.61. The Bertz CT molecular complexity index is 581. The van der Waals surface area contributed by atoms with Gasteiger partial charge < -0.3 is 14.8 Å². The van der Waals surface area contributed by atoms with Gasteiger partial charge >= 0.3 is 6.09 Å². The van der Waals surface area contributed by atoms with Crippen LogP contribution < -0.4 is 10.1 Å². The Hall–Kier alpha value is -1.76. The first-order valence-electron chi connectivity index (χ1n) is 5.23. The summed E-state index contributed by atoms with van der Waals surface area (Å²) in [5.41, 5.74) is 0.743. The van der Waals surface area contributed by atoms with Crippen LogP contribution in [0.3, 0.4) is 0 Å². The minimum absolute atomic E-state index is 0.194. The van der Waals surface area contributed by atoms with Crippen LogP contribution in [0.2, 0.25) is 0 Å². The van der Waals surface area contributed by atoms with E-state index < -0.39 is 15.9 Å². The van der Waals surface area contributed by atoms with E-state index in [0.29, 0.717) is 5.75 Å². The van der Waals surface area contributed by atoms with E-state index in [1.54, 1.807) is 6.07 Å². The second kappa shape index (κ2) is 4.49. The number of fused-ring (bicyclic) bond motifs is 1.